The molecular formula is C20H11ClN4. The number of halogens is 1. The lowest BCUT2D eigenvalue weighted by Crippen LogP contribution is -1.97. The molecule has 118 valence electrons. The molecule has 3 aromatic carbocycles. The zero-order valence-corrected chi connectivity index (χ0v) is 13.8. The third-order valence-corrected chi connectivity index (χ3v) is 4.04. The molecule has 4 aromatic rings. The zero-order valence-electron chi connectivity index (χ0n) is 13.0. The second-order valence-corrected chi connectivity index (χ2v) is 5.81. The van der Waals surface area contributed by atoms with Crippen molar-refractivity contribution in [3.05, 3.63) is 83.4 Å². The Morgan fingerprint density at radius 1 is 0.720 bits per heavy atom. The van der Waals surface area contributed by atoms with Crippen LogP contribution in [0.2, 0.25) is 5.28 Å². The Hall–Kier alpha value is -3.29. The van der Waals surface area contributed by atoms with Crippen LogP contribution in [-0.2, 0) is 0 Å². The minimum atomic E-state index is 0.141. The number of fused-ring (bicyclic) bond motifs is 1. The van der Waals surface area contributed by atoms with Crippen molar-refractivity contribution in [1.29, 1.82) is 0 Å². The van der Waals surface area contributed by atoms with Crippen LogP contribution in [0.1, 0.15) is 0 Å². The number of hydrogen-bond acceptors (Lipinski definition) is 3. The molecule has 0 atom stereocenters. The van der Waals surface area contributed by atoms with E-state index in [0.717, 1.165) is 21.9 Å². The van der Waals surface area contributed by atoms with E-state index in [9.17, 15) is 0 Å². The first kappa shape index (κ1) is 15.3. The number of rotatable bonds is 2. The molecule has 0 N–H and O–H groups in total. The predicted molar refractivity (Wildman–Crippen MR) is 99.5 cm³/mol. The fourth-order valence-corrected chi connectivity index (χ4v) is 2.78. The number of aromatic nitrogens is 3. The lowest BCUT2D eigenvalue weighted by Gasteiger charge is -2.06. The first-order valence-corrected chi connectivity index (χ1v) is 7.99. The van der Waals surface area contributed by atoms with Gasteiger partial charge in [0.25, 0.3) is 0 Å². The van der Waals surface area contributed by atoms with Crippen molar-refractivity contribution in [2.24, 2.45) is 0 Å². The van der Waals surface area contributed by atoms with Crippen molar-refractivity contribution >= 4 is 28.1 Å². The SMILES string of the molecule is [C-]#[N+]c1ccc(-c2nc(Cl)nc(-c3ccc4ccccc4c3)n2)cc1. The van der Waals surface area contributed by atoms with E-state index in [4.69, 9.17) is 18.2 Å². The molecule has 4 nitrogen and oxygen atoms in total. The zero-order chi connectivity index (χ0) is 17.2. The minimum absolute atomic E-state index is 0.141. The van der Waals surface area contributed by atoms with E-state index in [1.54, 1.807) is 12.1 Å². The molecule has 0 aliphatic carbocycles. The van der Waals surface area contributed by atoms with Gasteiger partial charge < -0.3 is 0 Å². The van der Waals surface area contributed by atoms with Crippen LogP contribution in [0.25, 0.3) is 38.4 Å². The normalized spacial score (nSPS) is 10.6. The standard InChI is InChI=1S/C20H11ClN4/c1-22-17-10-8-14(9-11-17)18-23-19(25-20(21)24-18)16-7-6-13-4-2-3-5-15(13)12-16/h2-12H. The molecule has 0 spiro atoms. The van der Waals surface area contributed by atoms with E-state index in [1.165, 1.54) is 0 Å². The summed E-state index contributed by atoms with van der Waals surface area (Å²) in [7, 11) is 0. The molecule has 1 aromatic heterocycles. The Morgan fingerprint density at radius 2 is 1.36 bits per heavy atom. The molecule has 0 aliphatic heterocycles. The third kappa shape index (κ3) is 3.06. The van der Waals surface area contributed by atoms with Gasteiger partial charge in [-0.15, -0.1) is 0 Å². The van der Waals surface area contributed by atoms with Gasteiger partial charge in [-0.05, 0) is 28.4 Å². The first-order valence-electron chi connectivity index (χ1n) is 7.61. The Morgan fingerprint density at radius 3 is 2.08 bits per heavy atom. The molecule has 0 radical (unpaired) electrons. The summed E-state index contributed by atoms with van der Waals surface area (Å²) in [4.78, 5) is 16.4. The Bertz CT molecular complexity index is 1110. The molecule has 5 heteroatoms. The maximum atomic E-state index is 7.03. The summed E-state index contributed by atoms with van der Waals surface area (Å²) in [6.45, 7) is 7.03. The molecule has 0 aliphatic rings. The van der Waals surface area contributed by atoms with Crippen LogP contribution in [0.5, 0.6) is 0 Å². The number of benzene rings is 3. The van der Waals surface area contributed by atoms with Crippen LogP contribution in [0.15, 0.2) is 66.7 Å². The lowest BCUT2D eigenvalue weighted by molar-refractivity contribution is 1.07. The van der Waals surface area contributed by atoms with Gasteiger partial charge in [-0.25, -0.2) is 9.83 Å². The highest BCUT2D eigenvalue weighted by Gasteiger charge is 2.10. The van der Waals surface area contributed by atoms with Gasteiger partial charge >= 0.3 is 0 Å². The second-order valence-electron chi connectivity index (χ2n) is 5.47. The number of nitrogens with zero attached hydrogens (tertiary/aromatic N) is 4. The summed E-state index contributed by atoms with van der Waals surface area (Å²) in [5, 5.41) is 2.41. The maximum Gasteiger partial charge on any atom is 0.226 e. The van der Waals surface area contributed by atoms with Crippen LogP contribution < -0.4 is 0 Å². The molecule has 0 unspecified atom stereocenters. The van der Waals surface area contributed by atoms with Crippen LogP contribution in [0, 0.1) is 6.57 Å². The lowest BCUT2D eigenvalue weighted by atomic mass is 10.1. The van der Waals surface area contributed by atoms with E-state index in [1.807, 2.05) is 48.5 Å². The van der Waals surface area contributed by atoms with Gasteiger partial charge in [-0.1, -0.05) is 60.7 Å². The molecular weight excluding hydrogens is 332 g/mol. The quantitative estimate of drug-likeness (QED) is 0.448. The topological polar surface area (TPSA) is 43.0 Å². The van der Waals surface area contributed by atoms with E-state index >= 15 is 0 Å². The number of hydrogen-bond donors (Lipinski definition) is 0. The van der Waals surface area contributed by atoms with E-state index in [0.29, 0.717) is 17.3 Å². The molecule has 25 heavy (non-hydrogen) atoms. The highest BCUT2D eigenvalue weighted by molar-refractivity contribution is 6.28. The molecule has 0 bridgehead atoms. The van der Waals surface area contributed by atoms with Gasteiger partial charge in [0.05, 0.1) is 6.57 Å². The minimum Gasteiger partial charge on any atom is -0.238 e. The molecule has 4 rings (SSSR count). The largest absolute Gasteiger partial charge is 0.238 e. The molecule has 0 amide bonds. The van der Waals surface area contributed by atoms with E-state index in [-0.39, 0.29) is 5.28 Å². The van der Waals surface area contributed by atoms with Gasteiger partial charge in [-0.3, -0.25) is 0 Å². The molecule has 0 fully saturated rings. The average molecular weight is 343 g/mol. The Kier molecular flexibility index (Phi) is 3.85. The fraction of sp³-hybridized carbons (Fsp3) is 0. The highest BCUT2D eigenvalue weighted by atomic mass is 35.5. The van der Waals surface area contributed by atoms with Gasteiger partial charge in [0, 0.05) is 11.1 Å². The Labute approximate surface area is 149 Å². The summed E-state index contributed by atoms with van der Waals surface area (Å²) in [5.74, 6) is 1.01. The second kappa shape index (κ2) is 6.31. The molecule has 0 saturated heterocycles. The summed E-state index contributed by atoms with van der Waals surface area (Å²) in [6, 6.07) is 21.2. The van der Waals surface area contributed by atoms with Crippen LogP contribution in [0.4, 0.5) is 5.69 Å². The predicted octanol–water partition coefficient (Wildman–Crippen LogP) is 5.56. The summed E-state index contributed by atoms with van der Waals surface area (Å²) >= 11 is 6.12. The summed E-state index contributed by atoms with van der Waals surface area (Å²) in [5.41, 5.74) is 2.24. The summed E-state index contributed by atoms with van der Waals surface area (Å²) in [6.07, 6.45) is 0. The highest BCUT2D eigenvalue weighted by Crippen LogP contribution is 2.26. The van der Waals surface area contributed by atoms with Crippen molar-refractivity contribution in [2.75, 3.05) is 0 Å². The maximum absolute atomic E-state index is 7.03. The Balaban J connectivity index is 1.81. The van der Waals surface area contributed by atoms with Crippen LogP contribution in [0.3, 0.4) is 0 Å². The van der Waals surface area contributed by atoms with Crippen molar-refractivity contribution in [2.45, 2.75) is 0 Å². The van der Waals surface area contributed by atoms with Crippen molar-refractivity contribution < 1.29 is 0 Å². The average Bonchev–Trinajstić information content (AvgIpc) is 2.67. The van der Waals surface area contributed by atoms with Crippen molar-refractivity contribution in [3.63, 3.8) is 0 Å². The summed E-state index contributed by atoms with van der Waals surface area (Å²) < 4.78 is 0. The fourth-order valence-electron chi connectivity index (χ4n) is 2.62. The van der Waals surface area contributed by atoms with E-state index < -0.39 is 0 Å². The van der Waals surface area contributed by atoms with Crippen molar-refractivity contribution in [1.82, 2.24) is 15.0 Å². The molecule has 0 saturated carbocycles. The molecule has 1 heterocycles. The van der Waals surface area contributed by atoms with Gasteiger partial charge in [0.2, 0.25) is 5.28 Å². The smallest absolute Gasteiger partial charge is 0.226 e. The van der Waals surface area contributed by atoms with Gasteiger partial charge in [0.15, 0.2) is 17.3 Å². The van der Waals surface area contributed by atoms with Gasteiger partial charge in [-0.2, -0.15) is 9.97 Å². The van der Waals surface area contributed by atoms with Gasteiger partial charge in [0.1, 0.15) is 0 Å². The third-order valence-electron chi connectivity index (χ3n) is 3.87. The monoisotopic (exact) mass is 342 g/mol. The first-order chi connectivity index (χ1) is 12.2. The van der Waals surface area contributed by atoms with Crippen LogP contribution >= 0.6 is 11.6 Å². The van der Waals surface area contributed by atoms with Crippen LogP contribution in [-0.4, -0.2) is 15.0 Å². The van der Waals surface area contributed by atoms with E-state index in [2.05, 4.69) is 25.9 Å². The van der Waals surface area contributed by atoms with Crippen molar-refractivity contribution in [3.8, 4) is 22.8 Å².